The van der Waals surface area contributed by atoms with Gasteiger partial charge in [-0.25, -0.2) is 9.59 Å². The summed E-state index contributed by atoms with van der Waals surface area (Å²) in [5, 5.41) is 4.90. The molecule has 1 N–H and O–H groups in total. The van der Waals surface area contributed by atoms with Gasteiger partial charge < -0.3 is 14.8 Å². The van der Waals surface area contributed by atoms with Crippen molar-refractivity contribution in [3.63, 3.8) is 0 Å². The molecule has 1 aliphatic heterocycles. The number of ether oxygens (including phenoxy) is 2. The van der Waals surface area contributed by atoms with Crippen LogP contribution in [0.4, 0.5) is 4.79 Å². The Morgan fingerprint density at radius 1 is 1.00 bits per heavy atom. The van der Waals surface area contributed by atoms with Crippen LogP contribution < -0.4 is 10.1 Å². The lowest BCUT2D eigenvalue weighted by atomic mass is 9.90. The van der Waals surface area contributed by atoms with Crippen molar-refractivity contribution in [1.29, 1.82) is 0 Å². The third kappa shape index (κ3) is 3.72. The minimum Gasteiger partial charge on any atom is -0.496 e. The second kappa shape index (κ2) is 8.52. The zero-order chi connectivity index (χ0) is 22.0. The van der Waals surface area contributed by atoms with Crippen LogP contribution in [0.3, 0.4) is 0 Å². The molecule has 0 saturated heterocycles. The molecule has 31 heavy (non-hydrogen) atoms. The molecular formula is C25H24N2O4. The maximum absolute atomic E-state index is 13.2. The summed E-state index contributed by atoms with van der Waals surface area (Å²) in [6, 6.07) is 20.3. The number of hydrogen-bond acceptors (Lipinski definition) is 4. The van der Waals surface area contributed by atoms with Gasteiger partial charge in [0, 0.05) is 11.3 Å². The van der Waals surface area contributed by atoms with Gasteiger partial charge in [-0.05, 0) is 29.3 Å². The Balaban J connectivity index is 1.89. The van der Waals surface area contributed by atoms with E-state index in [0.29, 0.717) is 23.6 Å². The Kier molecular flexibility index (Phi) is 5.62. The largest absolute Gasteiger partial charge is 0.496 e. The molecule has 3 aromatic rings. The number of methoxy groups -OCH3 is 2. The number of nitrogens with one attached hydrogen (secondary N) is 1. The predicted octanol–water partition coefficient (Wildman–Crippen LogP) is 4.56. The number of rotatable bonds is 5. The third-order valence-corrected chi connectivity index (χ3v) is 5.62. The van der Waals surface area contributed by atoms with Crippen molar-refractivity contribution in [2.45, 2.75) is 19.5 Å². The second-order valence-electron chi connectivity index (χ2n) is 7.35. The molecule has 6 nitrogen and oxygen atoms in total. The Labute approximate surface area is 181 Å². The fourth-order valence-corrected chi connectivity index (χ4v) is 4.08. The summed E-state index contributed by atoms with van der Waals surface area (Å²) in [5.41, 5.74) is 2.63. The van der Waals surface area contributed by atoms with Crippen LogP contribution >= 0.6 is 0 Å². The van der Waals surface area contributed by atoms with Crippen molar-refractivity contribution in [1.82, 2.24) is 10.2 Å². The molecule has 4 rings (SSSR count). The van der Waals surface area contributed by atoms with Gasteiger partial charge in [-0.15, -0.1) is 0 Å². The van der Waals surface area contributed by atoms with Gasteiger partial charge in [0.15, 0.2) is 0 Å². The quantitative estimate of drug-likeness (QED) is 0.619. The molecule has 1 aliphatic rings. The van der Waals surface area contributed by atoms with E-state index in [0.717, 1.165) is 21.9 Å². The number of allylic oxidation sites excluding steroid dienone is 1. The summed E-state index contributed by atoms with van der Waals surface area (Å²) in [4.78, 5) is 27.6. The van der Waals surface area contributed by atoms with Crippen LogP contribution in [0.25, 0.3) is 10.8 Å². The van der Waals surface area contributed by atoms with Crippen molar-refractivity contribution < 1.29 is 19.1 Å². The molecule has 1 atom stereocenters. The maximum Gasteiger partial charge on any atom is 0.337 e. The maximum atomic E-state index is 13.2. The predicted molar refractivity (Wildman–Crippen MR) is 118 cm³/mol. The first-order valence-electron chi connectivity index (χ1n) is 10.0. The molecule has 0 saturated carbocycles. The van der Waals surface area contributed by atoms with Gasteiger partial charge in [-0.1, -0.05) is 60.7 Å². The van der Waals surface area contributed by atoms with Crippen LogP contribution in [-0.4, -0.2) is 31.1 Å². The van der Waals surface area contributed by atoms with Gasteiger partial charge in [-0.2, -0.15) is 0 Å². The van der Waals surface area contributed by atoms with E-state index in [4.69, 9.17) is 9.47 Å². The summed E-state index contributed by atoms with van der Waals surface area (Å²) in [5.74, 6) is 0.102. The van der Waals surface area contributed by atoms with Gasteiger partial charge in [0.1, 0.15) is 5.75 Å². The van der Waals surface area contributed by atoms with E-state index in [-0.39, 0.29) is 6.03 Å². The van der Waals surface area contributed by atoms with Gasteiger partial charge in [0.2, 0.25) is 0 Å². The highest BCUT2D eigenvalue weighted by atomic mass is 16.5. The smallest absolute Gasteiger partial charge is 0.337 e. The minimum absolute atomic E-state index is 0.283. The topological polar surface area (TPSA) is 67.9 Å². The monoisotopic (exact) mass is 416 g/mol. The molecule has 2 amide bonds. The molecule has 6 heteroatoms. The van der Waals surface area contributed by atoms with Gasteiger partial charge >= 0.3 is 12.0 Å². The number of fused-ring (bicyclic) bond motifs is 1. The van der Waals surface area contributed by atoms with E-state index in [1.807, 2.05) is 66.7 Å². The summed E-state index contributed by atoms with van der Waals surface area (Å²) in [6.07, 6.45) is 0. The molecule has 1 unspecified atom stereocenters. The first-order valence-corrected chi connectivity index (χ1v) is 10.0. The summed E-state index contributed by atoms with van der Waals surface area (Å²) in [7, 11) is 2.92. The van der Waals surface area contributed by atoms with E-state index in [1.165, 1.54) is 7.11 Å². The van der Waals surface area contributed by atoms with E-state index >= 15 is 0 Å². The van der Waals surface area contributed by atoms with Gasteiger partial charge in [0.25, 0.3) is 0 Å². The number of esters is 1. The average molecular weight is 416 g/mol. The standard InChI is InChI=1S/C25H24N2O4/c1-16-21(24(28)31-3)23(26-25(29)27(16)15-17-9-5-4-6-10-17)22-19-12-8-7-11-18(19)13-14-20(22)30-2/h4-14,23H,15H2,1-3H3,(H,26,29). The Bertz CT molecular complexity index is 1170. The van der Waals surface area contributed by atoms with Crippen LogP contribution in [0.1, 0.15) is 24.1 Å². The Morgan fingerprint density at radius 2 is 1.71 bits per heavy atom. The molecule has 0 bridgehead atoms. The zero-order valence-electron chi connectivity index (χ0n) is 17.7. The van der Waals surface area contributed by atoms with Crippen LogP contribution in [0, 0.1) is 0 Å². The molecule has 1 heterocycles. The highest BCUT2D eigenvalue weighted by Gasteiger charge is 2.38. The van der Waals surface area contributed by atoms with Crippen molar-refractivity contribution in [2.75, 3.05) is 14.2 Å². The fourth-order valence-electron chi connectivity index (χ4n) is 4.08. The van der Waals surface area contributed by atoms with Crippen LogP contribution in [-0.2, 0) is 16.1 Å². The number of carbonyl (C=O) groups excluding carboxylic acids is 2. The summed E-state index contributed by atoms with van der Waals surface area (Å²) < 4.78 is 10.7. The molecular weight excluding hydrogens is 392 g/mol. The third-order valence-electron chi connectivity index (χ3n) is 5.62. The zero-order valence-corrected chi connectivity index (χ0v) is 17.7. The second-order valence-corrected chi connectivity index (χ2v) is 7.35. The lowest BCUT2D eigenvalue weighted by Crippen LogP contribution is -2.47. The molecule has 0 spiro atoms. The van der Waals surface area contributed by atoms with Crippen LogP contribution in [0.15, 0.2) is 78.0 Å². The minimum atomic E-state index is -0.701. The normalized spacial score (nSPS) is 16.3. The van der Waals surface area contributed by atoms with E-state index < -0.39 is 12.0 Å². The lowest BCUT2D eigenvalue weighted by molar-refractivity contribution is -0.136. The van der Waals surface area contributed by atoms with Crippen molar-refractivity contribution in [2.24, 2.45) is 0 Å². The first-order chi connectivity index (χ1) is 15.0. The Morgan fingerprint density at radius 3 is 2.42 bits per heavy atom. The molecule has 0 radical (unpaired) electrons. The molecule has 0 aromatic heterocycles. The highest BCUT2D eigenvalue weighted by molar-refractivity contribution is 5.98. The van der Waals surface area contributed by atoms with E-state index in [1.54, 1.807) is 18.9 Å². The van der Waals surface area contributed by atoms with Crippen molar-refractivity contribution in [3.8, 4) is 5.75 Å². The highest BCUT2D eigenvalue weighted by Crippen LogP contribution is 2.40. The lowest BCUT2D eigenvalue weighted by Gasteiger charge is -2.36. The number of carbonyl (C=O) groups is 2. The van der Waals surface area contributed by atoms with Crippen molar-refractivity contribution >= 4 is 22.8 Å². The molecule has 3 aromatic carbocycles. The van der Waals surface area contributed by atoms with Crippen LogP contribution in [0.5, 0.6) is 5.75 Å². The molecule has 158 valence electrons. The number of hydrogen-bond donors (Lipinski definition) is 1. The SMILES string of the molecule is COC(=O)C1=C(C)N(Cc2ccccc2)C(=O)NC1c1c(OC)ccc2ccccc12. The van der Waals surface area contributed by atoms with Crippen LogP contribution in [0.2, 0.25) is 0 Å². The number of nitrogens with zero attached hydrogens (tertiary/aromatic N) is 1. The summed E-state index contributed by atoms with van der Waals surface area (Å²) >= 11 is 0. The van der Waals surface area contributed by atoms with Gasteiger partial charge in [-0.3, -0.25) is 4.90 Å². The number of benzene rings is 3. The number of amides is 2. The molecule has 0 aliphatic carbocycles. The number of urea groups is 1. The fraction of sp³-hybridized carbons (Fsp3) is 0.200. The van der Waals surface area contributed by atoms with E-state index in [9.17, 15) is 9.59 Å². The Hall–Kier alpha value is -3.80. The summed E-state index contributed by atoms with van der Waals surface area (Å²) in [6.45, 7) is 2.12. The first kappa shape index (κ1) is 20.5. The van der Waals surface area contributed by atoms with E-state index in [2.05, 4.69) is 5.32 Å². The van der Waals surface area contributed by atoms with Crippen molar-refractivity contribution in [3.05, 3.63) is 89.1 Å². The molecule has 0 fully saturated rings. The average Bonchev–Trinajstić information content (AvgIpc) is 2.80. The van der Waals surface area contributed by atoms with Gasteiger partial charge in [0.05, 0.1) is 32.4 Å².